The Morgan fingerprint density at radius 3 is 2.47 bits per heavy atom. The second-order valence-electron chi connectivity index (χ2n) is 6.51. The minimum Gasteiger partial charge on any atom is -0.497 e. The molecule has 0 fully saturated rings. The van der Waals surface area contributed by atoms with Crippen molar-refractivity contribution < 1.29 is 19.1 Å². The van der Waals surface area contributed by atoms with Crippen molar-refractivity contribution in [2.75, 3.05) is 19.0 Å². The zero-order valence-electron chi connectivity index (χ0n) is 16.6. The Kier molecular flexibility index (Phi) is 7.43. The van der Waals surface area contributed by atoms with Gasteiger partial charge in [0.25, 0.3) is 5.91 Å². The third-order valence-corrected chi connectivity index (χ3v) is 4.34. The highest BCUT2D eigenvalue weighted by molar-refractivity contribution is 5.97. The predicted octanol–water partition coefficient (Wildman–Crippen LogP) is 3.07. The molecule has 0 saturated carbocycles. The molecule has 0 aliphatic heterocycles. The smallest absolute Gasteiger partial charge is 0.251 e. The van der Waals surface area contributed by atoms with Crippen LogP contribution in [-0.2, 0) is 9.59 Å². The fraction of sp³-hybridized carbons (Fsp3) is 0.227. The number of carbonyl (C=O) groups is 2. The highest BCUT2D eigenvalue weighted by Gasteiger charge is 2.22. The standard InChI is InChI=1S/C22H24N4O4/c1-29-18-9-11-19(12-10-18)30-13-5-8-20(27)26-21(16-6-3-2-4-7-16)22(28)25-17-14-23-24-15-17/h2-4,6-7,9-12,14-15,21H,5,8,13H2,1H3,(H,23,24)(H,25,28)(H,26,27)/t21-/m0/s1. The molecule has 1 atom stereocenters. The number of anilines is 1. The van der Waals surface area contributed by atoms with Gasteiger partial charge in [0.15, 0.2) is 0 Å². The molecule has 0 unspecified atom stereocenters. The molecule has 0 bridgehead atoms. The van der Waals surface area contributed by atoms with Gasteiger partial charge in [-0.1, -0.05) is 30.3 Å². The normalized spacial score (nSPS) is 11.4. The molecule has 3 N–H and O–H groups in total. The Bertz CT molecular complexity index is 928. The van der Waals surface area contributed by atoms with Crippen LogP contribution in [0.15, 0.2) is 67.0 Å². The third kappa shape index (κ3) is 6.10. The maximum atomic E-state index is 12.7. The first-order chi connectivity index (χ1) is 14.7. The first-order valence-electron chi connectivity index (χ1n) is 9.56. The number of methoxy groups -OCH3 is 1. The summed E-state index contributed by atoms with van der Waals surface area (Å²) in [6.45, 7) is 0.386. The van der Waals surface area contributed by atoms with Crippen molar-refractivity contribution in [3.63, 3.8) is 0 Å². The maximum Gasteiger partial charge on any atom is 0.251 e. The zero-order valence-corrected chi connectivity index (χ0v) is 16.6. The fourth-order valence-electron chi connectivity index (χ4n) is 2.81. The summed E-state index contributed by atoms with van der Waals surface area (Å²) < 4.78 is 10.7. The van der Waals surface area contributed by atoms with E-state index in [9.17, 15) is 9.59 Å². The SMILES string of the molecule is COc1ccc(OCCCC(=O)N[C@H](C(=O)Nc2cn[nH]c2)c2ccccc2)cc1. The number of nitrogens with zero attached hydrogens (tertiary/aromatic N) is 1. The van der Waals surface area contributed by atoms with E-state index in [4.69, 9.17) is 9.47 Å². The van der Waals surface area contributed by atoms with Gasteiger partial charge in [0.05, 0.1) is 25.6 Å². The van der Waals surface area contributed by atoms with Crippen molar-refractivity contribution >= 4 is 17.5 Å². The van der Waals surface area contributed by atoms with Gasteiger partial charge in [-0.3, -0.25) is 14.7 Å². The molecule has 156 valence electrons. The molecule has 3 aromatic rings. The second kappa shape index (κ2) is 10.7. The molecule has 0 saturated heterocycles. The number of ether oxygens (including phenoxy) is 2. The van der Waals surface area contributed by atoms with Crippen molar-refractivity contribution in [3.05, 3.63) is 72.6 Å². The number of hydrogen-bond donors (Lipinski definition) is 3. The minimum atomic E-state index is -0.809. The van der Waals surface area contributed by atoms with Gasteiger partial charge in [-0.2, -0.15) is 5.10 Å². The summed E-state index contributed by atoms with van der Waals surface area (Å²) in [6.07, 6.45) is 3.82. The van der Waals surface area contributed by atoms with E-state index in [1.807, 2.05) is 42.5 Å². The molecule has 1 heterocycles. The van der Waals surface area contributed by atoms with Crippen molar-refractivity contribution in [3.8, 4) is 11.5 Å². The number of carbonyl (C=O) groups excluding carboxylic acids is 2. The Morgan fingerprint density at radius 2 is 1.80 bits per heavy atom. The minimum absolute atomic E-state index is 0.232. The quantitative estimate of drug-likeness (QED) is 0.447. The number of benzene rings is 2. The largest absolute Gasteiger partial charge is 0.497 e. The van der Waals surface area contributed by atoms with Crippen LogP contribution in [0.25, 0.3) is 0 Å². The van der Waals surface area contributed by atoms with Crippen LogP contribution in [0.1, 0.15) is 24.4 Å². The molecule has 3 rings (SSSR count). The lowest BCUT2D eigenvalue weighted by molar-refractivity contribution is -0.126. The molecule has 2 amide bonds. The number of amides is 2. The van der Waals surface area contributed by atoms with Crippen molar-refractivity contribution in [1.82, 2.24) is 15.5 Å². The van der Waals surface area contributed by atoms with Crippen LogP contribution in [0.5, 0.6) is 11.5 Å². The lowest BCUT2D eigenvalue weighted by atomic mass is 10.1. The van der Waals surface area contributed by atoms with E-state index in [1.165, 1.54) is 6.20 Å². The van der Waals surface area contributed by atoms with Gasteiger partial charge in [0, 0.05) is 12.6 Å². The second-order valence-corrected chi connectivity index (χ2v) is 6.51. The number of hydrogen-bond acceptors (Lipinski definition) is 5. The van der Waals surface area contributed by atoms with Gasteiger partial charge >= 0.3 is 0 Å². The molecule has 0 radical (unpaired) electrons. The average Bonchev–Trinajstić information content (AvgIpc) is 3.29. The molecule has 0 aliphatic carbocycles. The van der Waals surface area contributed by atoms with Crippen molar-refractivity contribution in [2.45, 2.75) is 18.9 Å². The van der Waals surface area contributed by atoms with E-state index < -0.39 is 6.04 Å². The molecule has 8 nitrogen and oxygen atoms in total. The van der Waals surface area contributed by atoms with Crippen LogP contribution >= 0.6 is 0 Å². The Morgan fingerprint density at radius 1 is 1.07 bits per heavy atom. The summed E-state index contributed by atoms with van der Waals surface area (Å²) in [5.74, 6) is 0.884. The van der Waals surface area contributed by atoms with Gasteiger partial charge < -0.3 is 20.1 Å². The maximum absolute atomic E-state index is 12.7. The van der Waals surface area contributed by atoms with E-state index >= 15 is 0 Å². The molecule has 1 aromatic heterocycles. The number of rotatable bonds is 10. The number of aromatic amines is 1. The summed E-state index contributed by atoms with van der Waals surface area (Å²) in [5, 5.41) is 12.0. The first-order valence-corrected chi connectivity index (χ1v) is 9.56. The van der Waals surface area contributed by atoms with Gasteiger partial charge in [-0.05, 0) is 36.2 Å². The topological polar surface area (TPSA) is 105 Å². The number of H-pyrrole nitrogens is 1. The van der Waals surface area contributed by atoms with Crippen LogP contribution in [0.3, 0.4) is 0 Å². The van der Waals surface area contributed by atoms with Crippen molar-refractivity contribution in [1.29, 1.82) is 0 Å². The van der Waals surface area contributed by atoms with Crippen LogP contribution in [-0.4, -0.2) is 35.7 Å². The van der Waals surface area contributed by atoms with Gasteiger partial charge in [-0.15, -0.1) is 0 Å². The molecule has 8 heteroatoms. The molecule has 0 aliphatic rings. The van der Waals surface area contributed by atoms with E-state index in [2.05, 4.69) is 20.8 Å². The summed E-state index contributed by atoms with van der Waals surface area (Å²) in [7, 11) is 1.60. The van der Waals surface area contributed by atoms with E-state index in [-0.39, 0.29) is 18.2 Å². The van der Waals surface area contributed by atoms with Crippen molar-refractivity contribution in [2.24, 2.45) is 0 Å². The highest BCUT2D eigenvalue weighted by atomic mass is 16.5. The van der Waals surface area contributed by atoms with E-state index in [0.717, 1.165) is 5.75 Å². The van der Waals surface area contributed by atoms with E-state index in [1.54, 1.807) is 25.4 Å². The highest BCUT2D eigenvalue weighted by Crippen LogP contribution is 2.18. The lowest BCUT2D eigenvalue weighted by Crippen LogP contribution is -2.37. The summed E-state index contributed by atoms with van der Waals surface area (Å²) in [6, 6.07) is 15.5. The van der Waals surface area contributed by atoms with Gasteiger partial charge in [0.1, 0.15) is 17.5 Å². The molecule has 0 spiro atoms. The van der Waals surface area contributed by atoms with E-state index in [0.29, 0.717) is 30.0 Å². The van der Waals surface area contributed by atoms with Crippen LogP contribution in [0.4, 0.5) is 5.69 Å². The number of aromatic nitrogens is 2. The lowest BCUT2D eigenvalue weighted by Gasteiger charge is -2.18. The Labute approximate surface area is 174 Å². The monoisotopic (exact) mass is 408 g/mol. The molecular formula is C22H24N4O4. The summed E-state index contributed by atoms with van der Waals surface area (Å²) in [4.78, 5) is 25.2. The third-order valence-electron chi connectivity index (χ3n) is 4.34. The van der Waals surface area contributed by atoms with Crippen LogP contribution in [0, 0.1) is 0 Å². The van der Waals surface area contributed by atoms with Gasteiger partial charge in [-0.25, -0.2) is 0 Å². The average molecular weight is 408 g/mol. The Balaban J connectivity index is 1.51. The van der Waals surface area contributed by atoms with Gasteiger partial charge in [0.2, 0.25) is 5.91 Å². The predicted molar refractivity (Wildman–Crippen MR) is 112 cm³/mol. The fourth-order valence-corrected chi connectivity index (χ4v) is 2.81. The van der Waals surface area contributed by atoms with Crippen LogP contribution < -0.4 is 20.1 Å². The Hall–Kier alpha value is -3.81. The zero-order chi connectivity index (χ0) is 21.2. The first kappa shape index (κ1) is 20.9. The van der Waals surface area contributed by atoms with Crippen LogP contribution in [0.2, 0.25) is 0 Å². The summed E-state index contributed by atoms with van der Waals surface area (Å²) >= 11 is 0. The molecular weight excluding hydrogens is 384 g/mol. The molecule has 30 heavy (non-hydrogen) atoms. The summed E-state index contributed by atoms with van der Waals surface area (Å²) in [5.41, 5.74) is 1.23. The number of nitrogens with one attached hydrogen (secondary N) is 3. The molecule has 2 aromatic carbocycles.